The van der Waals surface area contributed by atoms with Crippen molar-refractivity contribution in [3.05, 3.63) is 0 Å². The zero-order valence-electron chi connectivity index (χ0n) is 9.29. The second-order valence-corrected chi connectivity index (χ2v) is 4.12. The van der Waals surface area contributed by atoms with Gasteiger partial charge in [0.1, 0.15) is 17.9 Å². The van der Waals surface area contributed by atoms with Crippen LogP contribution in [0.4, 0.5) is 0 Å². The lowest BCUT2D eigenvalue weighted by Crippen LogP contribution is -2.39. The molecule has 0 fully saturated rings. The van der Waals surface area contributed by atoms with Gasteiger partial charge in [-0.3, -0.25) is 4.79 Å². The summed E-state index contributed by atoms with van der Waals surface area (Å²) in [5.74, 6) is -0.304. The first kappa shape index (κ1) is 13.1. The molecule has 1 N–H and O–H groups in total. The molecule has 0 aromatic carbocycles. The van der Waals surface area contributed by atoms with E-state index in [0.29, 0.717) is 12.8 Å². The Labute approximate surface area is 85.0 Å². The molecule has 4 nitrogen and oxygen atoms in total. The second kappa shape index (κ2) is 5.75. The zero-order valence-corrected chi connectivity index (χ0v) is 9.29. The van der Waals surface area contributed by atoms with Crippen LogP contribution in [0.5, 0.6) is 0 Å². The van der Waals surface area contributed by atoms with E-state index in [9.17, 15) is 9.59 Å². The highest BCUT2D eigenvalue weighted by Gasteiger charge is 2.23. The predicted octanol–water partition coefficient (Wildman–Crippen LogP) is 0.895. The summed E-state index contributed by atoms with van der Waals surface area (Å²) in [4.78, 5) is 21.6. The number of carbonyl (C=O) groups excluding carboxylic acids is 2. The molecule has 0 aromatic rings. The van der Waals surface area contributed by atoms with Crippen LogP contribution in [0.3, 0.4) is 0 Å². The van der Waals surface area contributed by atoms with Crippen molar-refractivity contribution in [2.24, 2.45) is 0 Å². The number of hydrogen-bond acceptors (Lipinski definition) is 4. The van der Waals surface area contributed by atoms with Crippen LogP contribution >= 0.6 is 0 Å². The molecule has 0 aromatic heterocycles. The fourth-order valence-corrected chi connectivity index (χ4v) is 0.988. The van der Waals surface area contributed by atoms with Gasteiger partial charge in [0, 0.05) is 6.42 Å². The van der Waals surface area contributed by atoms with Crippen molar-refractivity contribution < 1.29 is 14.3 Å². The molecule has 1 atom stereocenters. The third-order valence-corrected chi connectivity index (χ3v) is 1.61. The molecule has 0 amide bonds. The monoisotopic (exact) mass is 201 g/mol. The Hall–Kier alpha value is -0.900. The molecule has 0 spiro atoms. The minimum Gasteiger partial charge on any atom is -0.459 e. The average Bonchev–Trinajstić information content (AvgIpc) is 2.02. The standard InChI is InChI=1S/C10H19NO3/c1-10(2,3)14-9(13)8(11-4)6-5-7-12/h7-8,11H,5-6H2,1-4H3. The first-order valence-corrected chi connectivity index (χ1v) is 4.74. The van der Waals surface area contributed by atoms with Gasteiger partial charge in [-0.2, -0.15) is 0 Å². The van der Waals surface area contributed by atoms with E-state index >= 15 is 0 Å². The maximum Gasteiger partial charge on any atom is 0.323 e. The molecule has 0 bridgehead atoms. The smallest absolute Gasteiger partial charge is 0.323 e. The van der Waals surface area contributed by atoms with E-state index in [0.717, 1.165) is 6.29 Å². The number of esters is 1. The molecule has 0 aliphatic carbocycles. The van der Waals surface area contributed by atoms with Crippen molar-refractivity contribution in [1.82, 2.24) is 5.32 Å². The van der Waals surface area contributed by atoms with Crippen LogP contribution < -0.4 is 5.32 Å². The SMILES string of the molecule is CNC(CCC=O)C(=O)OC(C)(C)C. The summed E-state index contributed by atoms with van der Waals surface area (Å²) < 4.78 is 5.17. The lowest BCUT2D eigenvalue weighted by molar-refractivity contribution is -0.157. The number of hydrogen-bond donors (Lipinski definition) is 1. The molecule has 4 heteroatoms. The van der Waals surface area contributed by atoms with Gasteiger partial charge in [-0.25, -0.2) is 0 Å². The first-order valence-electron chi connectivity index (χ1n) is 4.74. The number of aldehydes is 1. The van der Waals surface area contributed by atoms with Crippen LogP contribution in [-0.4, -0.2) is 30.9 Å². The van der Waals surface area contributed by atoms with E-state index < -0.39 is 5.60 Å². The van der Waals surface area contributed by atoms with E-state index in [1.165, 1.54) is 0 Å². The van der Waals surface area contributed by atoms with Crippen molar-refractivity contribution in [2.45, 2.75) is 45.3 Å². The number of ether oxygens (including phenoxy) is 1. The van der Waals surface area contributed by atoms with Crippen molar-refractivity contribution in [1.29, 1.82) is 0 Å². The van der Waals surface area contributed by atoms with Crippen LogP contribution in [0.2, 0.25) is 0 Å². The molecule has 82 valence electrons. The van der Waals surface area contributed by atoms with Gasteiger partial charge in [0.2, 0.25) is 0 Å². The molecular weight excluding hydrogens is 182 g/mol. The van der Waals surface area contributed by atoms with E-state index in [1.54, 1.807) is 7.05 Å². The highest BCUT2D eigenvalue weighted by atomic mass is 16.6. The number of nitrogens with one attached hydrogen (secondary N) is 1. The minimum absolute atomic E-state index is 0.304. The molecule has 0 aliphatic heterocycles. The Kier molecular flexibility index (Phi) is 5.38. The van der Waals surface area contributed by atoms with Gasteiger partial charge >= 0.3 is 5.97 Å². The maximum atomic E-state index is 11.5. The van der Waals surface area contributed by atoms with Crippen LogP contribution in [-0.2, 0) is 14.3 Å². The number of rotatable bonds is 5. The molecule has 0 rings (SSSR count). The lowest BCUT2D eigenvalue weighted by atomic mass is 10.1. The number of carbonyl (C=O) groups is 2. The van der Waals surface area contributed by atoms with Crippen molar-refractivity contribution >= 4 is 12.3 Å². The van der Waals surface area contributed by atoms with Gasteiger partial charge < -0.3 is 14.8 Å². The van der Waals surface area contributed by atoms with E-state index in [1.807, 2.05) is 20.8 Å². The third-order valence-electron chi connectivity index (χ3n) is 1.61. The minimum atomic E-state index is -0.479. The zero-order chi connectivity index (χ0) is 11.2. The topological polar surface area (TPSA) is 55.4 Å². The van der Waals surface area contributed by atoms with Crippen molar-refractivity contribution in [2.75, 3.05) is 7.05 Å². The first-order chi connectivity index (χ1) is 6.40. The van der Waals surface area contributed by atoms with Gasteiger partial charge in [0.05, 0.1) is 0 Å². The fourth-order valence-electron chi connectivity index (χ4n) is 0.988. The van der Waals surface area contributed by atoms with Gasteiger partial charge in [-0.1, -0.05) is 0 Å². The quantitative estimate of drug-likeness (QED) is 0.530. The Morgan fingerprint density at radius 2 is 2.07 bits per heavy atom. The van der Waals surface area contributed by atoms with Crippen LogP contribution in [0.1, 0.15) is 33.6 Å². The summed E-state index contributed by atoms with van der Waals surface area (Å²) in [5, 5.41) is 2.83. The summed E-state index contributed by atoms with van der Waals surface area (Å²) in [6.45, 7) is 5.45. The normalized spacial score (nSPS) is 13.4. The summed E-state index contributed by atoms with van der Waals surface area (Å²) in [6, 6.07) is -0.389. The Balaban J connectivity index is 4.10. The van der Waals surface area contributed by atoms with Crippen molar-refractivity contribution in [3.8, 4) is 0 Å². The lowest BCUT2D eigenvalue weighted by Gasteiger charge is -2.23. The van der Waals surface area contributed by atoms with E-state index in [-0.39, 0.29) is 12.0 Å². The van der Waals surface area contributed by atoms with E-state index in [4.69, 9.17) is 4.74 Å². The predicted molar refractivity (Wildman–Crippen MR) is 54.0 cm³/mol. The molecule has 14 heavy (non-hydrogen) atoms. The van der Waals surface area contributed by atoms with E-state index in [2.05, 4.69) is 5.32 Å². The molecular formula is C10H19NO3. The van der Waals surface area contributed by atoms with Gasteiger partial charge in [0.15, 0.2) is 0 Å². The van der Waals surface area contributed by atoms with Gasteiger partial charge in [-0.15, -0.1) is 0 Å². The van der Waals surface area contributed by atoms with Crippen LogP contribution in [0.25, 0.3) is 0 Å². The molecule has 0 aliphatic rings. The molecule has 1 unspecified atom stereocenters. The molecule has 0 heterocycles. The summed E-state index contributed by atoms with van der Waals surface area (Å²) in [7, 11) is 1.68. The molecule has 0 saturated heterocycles. The van der Waals surface area contributed by atoms with Crippen molar-refractivity contribution in [3.63, 3.8) is 0 Å². The highest BCUT2D eigenvalue weighted by Crippen LogP contribution is 2.09. The second-order valence-electron chi connectivity index (χ2n) is 4.12. The van der Waals surface area contributed by atoms with Crippen LogP contribution in [0, 0.1) is 0 Å². The average molecular weight is 201 g/mol. The fraction of sp³-hybridized carbons (Fsp3) is 0.800. The summed E-state index contributed by atoms with van der Waals surface area (Å²) in [6.07, 6.45) is 1.65. The van der Waals surface area contributed by atoms with Crippen LogP contribution in [0.15, 0.2) is 0 Å². The highest BCUT2D eigenvalue weighted by molar-refractivity contribution is 5.76. The van der Waals surface area contributed by atoms with Gasteiger partial charge in [-0.05, 0) is 34.2 Å². The Morgan fingerprint density at radius 1 is 1.50 bits per heavy atom. The number of likely N-dealkylation sites (N-methyl/N-ethyl adjacent to an activating group) is 1. The Bertz CT molecular complexity index is 196. The third kappa shape index (κ3) is 5.70. The summed E-state index contributed by atoms with van der Waals surface area (Å²) in [5.41, 5.74) is -0.479. The molecule has 0 saturated carbocycles. The summed E-state index contributed by atoms with van der Waals surface area (Å²) >= 11 is 0. The maximum absolute atomic E-state index is 11.5. The largest absolute Gasteiger partial charge is 0.459 e. The molecule has 0 radical (unpaired) electrons. The Morgan fingerprint density at radius 3 is 2.43 bits per heavy atom. The van der Waals surface area contributed by atoms with Gasteiger partial charge in [0.25, 0.3) is 0 Å².